The molecule has 0 saturated heterocycles. The van der Waals surface area contributed by atoms with Crippen LogP contribution in [0.5, 0.6) is 11.5 Å². The van der Waals surface area contributed by atoms with Crippen molar-refractivity contribution >= 4 is 11.6 Å². The van der Waals surface area contributed by atoms with Crippen LogP contribution in [0.1, 0.15) is 29.6 Å². The summed E-state index contributed by atoms with van der Waals surface area (Å²) in [7, 11) is 0. The van der Waals surface area contributed by atoms with Gasteiger partial charge in [-0.3, -0.25) is 4.79 Å². The predicted octanol–water partition coefficient (Wildman–Crippen LogP) is 3.88. The van der Waals surface area contributed by atoms with E-state index in [4.69, 9.17) is 15.9 Å². The van der Waals surface area contributed by atoms with Crippen LogP contribution in [0.2, 0.25) is 0 Å². The summed E-state index contributed by atoms with van der Waals surface area (Å²) in [6, 6.07) is 14.4. The van der Waals surface area contributed by atoms with Gasteiger partial charge in [0.1, 0.15) is 18.1 Å². The number of hydrogen-bond donors (Lipinski definition) is 1. The Morgan fingerprint density at radius 1 is 1.17 bits per heavy atom. The topological polar surface area (TPSA) is 47.6 Å². The average molecular weight is 321 g/mol. The lowest BCUT2D eigenvalue weighted by molar-refractivity contribution is 0.0992. The van der Waals surface area contributed by atoms with E-state index in [1.165, 1.54) is 6.42 Å². The fourth-order valence-corrected chi connectivity index (χ4v) is 2.38. The second kappa shape index (κ2) is 7.56. The second-order valence-electron chi connectivity index (χ2n) is 5.64. The molecule has 0 radical (unpaired) electrons. The SMILES string of the molecule is C#CCOc1ccc(NC(=O)c2ccccc2OC2CCC2)cc1. The summed E-state index contributed by atoms with van der Waals surface area (Å²) in [4.78, 5) is 12.5. The van der Waals surface area contributed by atoms with Crippen molar-refractivity contribution in [2.75, 3.05) is 11.9 Å². The number of hydrogen-bond acceptors (Lipinski definition) is 3. The highest BCUT2D eigenvalue weighted by molar-refractivity contribution is 6.06. The summed E-state index contributed by atoms with van der Waals surface area (Å²) in [5.41, 5.74) is 1.23. The highest BCUT2D eigenvalue weighted by Gasteiger charge is 2.21. The number of benzene rings is 2. The molecular formula is C20H19NO3. The van der Waals surface area contributed by atoms with E-state index >= 15 is 0 Å². The Hall–Kier alpha value is -2.93. The van der Waals surface area contributed by atoms with Crippen LogP contribution in [-0.2, 0) is 0 Å². The molecule has 0 bridgehead atoms. The van der Waals surface area contributed by atoms with Crippen LogP contribution in [0.4, 0.5) is 5.69 Å². The molecular weight excluding hydrogens is 302 g/mol. The second-order valence-corrected chi connectivity index (χ2v) is 5.64. The van der Waals surface area contributed by atoms with Gasteiger partial charge in [0.25, 0.3) is 5.91 Å². The first-order valence-corrected chi connectivity index (χ1v) is 7.99. The molecule has 1 fully saturated rings. The van der Waals surface area contributed by atoms with Gasteiger partial charge in [-0.15, -0.1) is 6.42 Å². The zero-order chi connectivity index (χ0) is 16.8. The summed E-state index contributed by atoms with van der Waals surface area (Å²) in [6.07, 6.45) is 8.67. The van der Waals surface area contributed by atoms with Crippen LogP contribution < -0.4 is 14.8 Å². The highest BCUT2D eigenvalue weighted by atomic mass is 16.5. The van der Waals surface area contributed by atoms with E-state index in [0.717, 1.165) is 12.8 Å². The van der Waals surface area contributed by atoms with Gasteiger partial charge in [0.05, 0.1) is 11.7 Å². The summed E-state index contributed by atoms with van der Waals surface area (Å²) in [6.45, 7) is 0.220. The Balaban J connectivity index is 1.67. The molecule has 2 aromatic carbocycles. The lowest BCUT2D eigenvalue weighted by Crippen LogP contribution is -2.26. The van der Waals surface area contributed by atoms with Gasteiger partial charge in [-0.25, -0.2) is 0 Å². The fourth-order valence-electron chi connectivity index (χ4n) is 2.38. The number of carbonyl (C=O) groups excluding carboxylic acids is 1. The van der Waals surface area contributed by atoms with E-state index in [2.05, 4.69) is 11.2 Å². The van der Waals surface area contributed by atoms with Crippen LogP contribution in [0, 0.1) is 12.3 Å². The standard InChI is InChI=1S/C20H19NO3/c1-2-14-23-16-12-10-15(11-13-16)21-20(22)18-8-3-4-9-19(18)24-17-6-5-7-17/h1,3-4,8-13,17H,5-7,14H2,(H,21,22). The molecule has 0 aliphatic heterocycles. The van der Waals surface area contributed by atoms with Crippen LogP contribution >= 0.6 is 0 Å². The zero-order valence-electron chi connectivity index (χ0n) is 13.3. The van der Waals surface area contributed by atoms with Gasteiger partial charge in [-0.2, -0.15) is 0 Å². The van der Waals surface area contributed by atoms with Crippen LogP contribution in [0.3, 0.4) is 0 Å². The molecule has 0 unspecified atom stereocenters. The van der Waals surface area contributed by atoms with Gasteiger partial charge in [0.15, 0.2) is 0 Å². The number of para-hydroxylation sites is 1. The zero-order valence-corrected chi connectivity index (χ0v) is 13.3. The Morgan fingerprint density at radius 3 is 2.58 bits per heavy atom. The number of rotatable bonds is 6. The van der Waals surface area contributed by atoms with Gasteiger partial charge in [-0.1, -0.05) is 18.1 Å². The third-order valence-corrected chi connectivity index (χ3v) is 3.91. The van der Waals surface area contributed by atoms with E-state index < -0.39 is 0 Å². The molecule has 0 spiro atoms. The Morgan fingerprint density at radius 2 is 1.92 bits per heavy atom. The maximum Gasteiger partial charge on any atom is 0.259 e. The molecule has 4 heteroatoms. The van der Waals surface area contributed by atoms with Crippen LogP contribution in [-0.4, -0.2) is 18.6 Å². The number of terminal acetylenes is 1. The highest BCUT2D eigenvalue weighted by Crippen LogP contribution is 2.28. The lowest BCUT2D eigenvalue weighted by atomic mass is 9.96. The summed E-state index contributed by atoms with van der Waals surface area (Å²) < 4.78 is 11.2. The largest absolute Gasteiger partial charge is 0.490 e. The number of nitrogens with one attached hydrogen (secondary N) is 1. The minimum Gasteiger partial charge on any atom is -0.490 e. The molecule has 1 aliphatic rings. The van der Waals surface area contributed by atoms with Crippen molar-refractivity contribution in [3.63, 3.8) is 0 Å². The Kier molecular flexibility index (Phi) is 5.02. The lowest BCUT2D eigenvalue weighted by Gasteiger charge is -2.27. The maximum absolute atomic E-state index is 12.5. The monoisotopic (exact) mass is 321 g/mol. The van der Waals surface area contributed by atoms with Crippen molar-refractivity contribution in [3.05, 3.63) is 54.1 Å². The molecule has 0 aromatic heterocycles. The van der Waals surface area contributed by atoms with Gasteiger partial charge in [-0.05, 0) is 55.7 Å². The van der Waals surface area contributed by atoms with Crippen molar-refractivity contribution in [2.24, 2.45) is 0 Å². The molecule has 2 aromatic rings. The predicted molar refractivity (Wildman–Crippen MR) is 93.4 cm³/mol. The third-order valence-electron chi connectivity index (χ3n) is 3.91. The van der Waals surface area contributed by atoms with Crippen molar-refractivity contribution in [3.8, 4) is 23.8 Å². The minimum atomic E-state index is -0.192. The third kappa shape index (κ3) is 3.88. The van der Waals surface area contributed by atoms with Crippen molar-refractivity contribution < 1.29 is 14.3 Å². The molecule has 1 saturated carbocycles. The number of anilines is 1. The first-order valence-electron chi connectivity index (χ1n) is 7.99. The van der Waals surface area contributed by atoms with Gasteiger partial charge in [0, 0.05) is 5.69 Å². The first-order chi connectivity index (χ1) is 11.8. The van der Waals surface area contributed by atoms with Crippen molar-refractivity contribution in [2.45, 2.75) is 25.4 Å². The molecule has 3 rings (SSSR count). The van der Waals surface area contributed by atoms with E-state index in [-0.39, 0.29) is 18.6 Å². The summed E-state index contributed by atoms with van der Waals surface area (Å²) >= 11 is 0. The minimum absolute atomic E-state index is 0.192. The molecule has 122 valence electrons. The summed E-state index contributed by atoms with van der Waals surface area (Å²) in [5.74, 6) is 3.52. The van der Waals surface area contributed by atoms with Crippen LogP contribution in [0.25, 0.3) is 0 Å². The van der Waals surface area contributed by atoms with E-state index in [9.17, 15) is 4.79 Å². The van der Waals surface area contributed by atoms with Crippen molar-refractivity contribution in [1.29, 1.82) is 0 Å². The maximum atomic E-state index is 12.5. The quantitative estimate of drug-likeness (QED) is 0.821. The van der Waals surface area contributed by atoms with E-state index in [1.54, 1.807) is 30.3 Å². The number of carbonyl (C=O) groups is 1. The molecule has 1 amide bonds. The number of ether oxygens (including phenoxy) is 2. The number of amides is 1. The van der Waals surface area contributed by atoms with E-state index in [0.29, 0.717) is 22.7 Å². The van der Waals surface area contributed by atoms with Gasteiger partial charge in [0.2, 0.25) is 0 Å². The molecule has 4 nitrogen and oxygen atoms in total. The van der Waals surface area contributed by atoms with Gasteiger partial charge < -0.3 is 14.8 Å². The van der Waals surface area contributed by atoms with E-state index in [1.807, 2.05) is 18.2 Å². The smallest absolute Gasteiger partial charge is 0.259 e. The molecule has 1 aliphatic carbocycles. The molecule has 0 atom stereocenters. The fraction of sp³-hybridized carbons (Fsp3) is 0.250. The molecule has 1 N–H and O–H groups in total. The van der Waals surface area contributed by atoms with Crippen LogP contribution in [0.15, 0.2) is 48.5 Å². The summed E-state index contributed by atoms with van der Waals surface area (Å²) in [5, 5.41) is 2.88. The first kappa shape index (κ1) is 15.9. The van der Waals surface area contributed by atoms with Crippen molar-refractivity contribution in [1.82, 2.24) is 0 Å². The molecule has 0 heterocycles. The normalized spacial score (nSPS) is 13.5. The van der Waals surface area contributed by atoms with Gasteiger partial charge >= 0.3 is 0 Å². The Labute approximate surface area is 141 Å². The average Bonchev–Trinajstić information content (AvgIpc) is 2.58. The Bertz CT molecular complexity index is 742. The molecule has 24 heavy (non-hydrogen) atoms.